The molecule has 1 saturated carbocycles. The number of hydrogen-bond acceptors (Lipinski definition) is 3. The van der Waals surface area contributed by atoms with Crippen molar-refractivity contribution in [1.82, 2.24) is 4.90 Å². The molecule has 0 radical (unpaired) electrons. The van der Waals surface area contributed by atoms with Crippen LogP contribution in [-0.4, -0.2) is 49.7 Å². The highest BCUT2D eigenvalue weighted by Crippen LogP contribution is 2.43. The summed E-state index contributed by atoms with van der Waals surface area (Å²) in [5, 5.41) is 0. The maximum atomic E-state index is 13.1. The highest BCUT2D eigenvalue weighted by molar-refractivity contribution is 5.98. The van der Waals surface area contributed by atoms with E-state index < -0.39 is 0 Å². The van der Waals surface area contributed by atoms with Crippen molar-refractivity contribution in [2.24, 2.45) is 5.41 Å². The van der Waals surface area contributed by atoms with Gasteiger partial charge in [0.1, 0.15) is 0 Å². The lowest BCUT2D eigenvalue weighted by molar-refractivity contribution is -0.123. The quantitative estimate of drug-likeness (QED) is 0.841. The number of anilines is 1. The average molecular weight is 314 g/mol. The summed E-state index contributed by atoms with van der Waals surface area (Å²) in [5.74, 6) is 0.242. The van der Waals surface area contributed by atoms with Crippen molar-refractivity contribution in [3.05, 3.63) is 29.8 Å². The van der Waals surface area contributed by atoms with Crippen molar-refractivity contribution in [3.63, 3.8) is 0 Å². The largest absolute Gasteiger partial charge is 0.379 e. The summed E-state index contributed by atoms with van der Waals surface area (Å²) in [4.78, 5) is 17.4. The van der Waals surface area contributed by atoms with Gasteiger partial charge in [-0.15, -0.1) is 0 Å². The summed E-state index contributed by atoms with van der Waals surface area (Å²) in [6, 6.07) is 8.23. The first-order valence-corrected chi connectivity index (χ1v) is 8.90. The van der Waals surface area contributed by atoms with Gasteiger partial charge in [0.25, 0.3) is 0 Å². The number of rotatable bonds is 2. The summed E-state index contributed by atoms with van der Waals surface area (Å²) in [6.45, 7) is 6.38. The van der Waals surface area contributed by atoms with E-state index in [9.17, 15) is 4.79 Å². The number of fused-ring (bicyclic) bond motifs is 1. The van der Waals surface area contributed by atoms with Gasteiger partial charge in [-0.3, -0.25) is 9.69 Å². The van der Waals surface area contributed by atoms with Crippen LogP contribution < -0.4 is 4.90 Å². The third-order valence-electron chi connectivity index (χ3n) is 5.94. The average Bonchev–Trinajstić information content (AvgIpc) is 2.82. The normalized spacial score (nSPS) is 24.8. The zero-order chi connectivity index (χ0) is 15.9. The Bertz CT molecular complexity index is 597. The van der Waals surface area contributed by atoms with Crippen LogP contribution in [0.5, 0.6) is 0 Å². The minimum atomic E-state index is -0.0691. The predicted molar refractivity (Wildman–Crippen MR) is 90.6 cm³/mol. The molecule has 4 nitrogen and oxygen atoms in total. The van der Waals surface area contributed by atoms with E-state index >= 15 is 0 Å². The minimum absolute atomic E-state index is 0.0691. The van der Waals surface area contributed by atoms with Crippen LogP contribution in [0.1, 0.15) is 31.7 Å². The first-order chi connectivity index (χ1) is 11.2. The van der Waals surface area contributed by atoms with Crippen LogP contribution in [0.4, 0.5) is 5.69 Å². The summed E-state index contributed by atoms with van der Waals surface area (Å²) < 4.78 is 5.83. The molecule has 0 bridgehead atoms. The number of hydrogen-bond donors (Lipinski definition) is 0. The maximum Gasteiger partial charge on any atom is 0.244 e. The smallest absolute Gasteiger partial charge is 0.244 e. The van der Waals surface area contributed by atoms with E-state index in [1.165, 1.54) is 24.8 Å². The van der Waals surface area contributed by atoms with Crippen molar-refractivity contribution in [2.45, 2.75) is 38.6 Å². The van der Waals surface area contributed by atoms with Crippen LogP contribution in [-0.2, 0) is 16.0 Å². The number of amides is 1. The van der Waals surface area contributed by atoms with Crippen molar-refractivity contribution in [3.8, 4) is 0 Å². The van der Waals surface area contributed by atoms with Gasteiger partial charge in [-0.1, -0.05) is 24.6 Å². The Labute approximate surface area is 138 Å². The topological polar surface area (TPSA) is 32.8 Å². The van der Waals surface area contributed by atoms with E-state index in [2.05, 4.69) is 30.0 Å². The monoisotopic (exact) mass is 314 g/mol. The van der Waals surface area contributed by atoms with Crippen LogP contribution in [0.25, 0.3) is 0 Å². The maximum absolute atomic E-state index is 13.1. The second kappa shape index (κ2) is 5.91. The zero-order valence-electron chi connectivity index (χ0n) is 14.0. The first-order valence-electron chi connectivity index (χ1n) is 8.90. The molecule has 4 rings (SSSR count). The lowest BCUT2D eigenvalue weighted by Crippen LogP contribution is -2.52. The molecule has 1 atom stereocenters. The molecule has 23 heavy (non-hydrogen) atoms. The standard InChI is InChI=1S/C19H26N2O2/c1-15(20-11-12-23-14-19(13-20)8-4-9-19)18(22)21-10-7-16-5-2-3-6-17(16)21/h2-3,5-6,15H,4,7-14H2,1H3/t15-/m0/s1. The fraction of sp³-hybridized carbons (Fsp3) is 0.632. The number of ether oxygens (including phenoxy) is 1. The van der Waals surface area contributed by atoms with Crippen molar-refractivity contribution >= 4 is 11.6 Å². The van der Waals surface area contributed by atoms with Gasteiger partial charge in [0.05, 0.1) is 19.3 Å². The van der Waals surface area contributed by atoms with E-state index in [0.29, 0.717) is 5.41 Å². The molecule has 2 heterocycles. The fourth-order valence-corrected chi connectivity index (χ4v) is 4.28. The SMILES string of the molecule is C[C@@H](C(=O)N1CCc2ccccc21)N1CCOCC2(CCC2)C1. The Morgan fingerprint density at radius 2 is 2.09 bits per heavy atom. The minimum Gasteiger partial charge on any atom is -0.379 e. The Kier molecular flexibility index (Phi) is 3.90. The number of para-hydroxylation sites is 1. The summed E-state index contributed by atoms with van der Waals surface area (Å²) in [6.07, 6.45) is 4.77. The molecule has 2 aliphatic heterocycles. The van der Waals surface area contributed by atoms with Gasteiger partial charge in [-0.25, -0.2) is 0 Å². The number of carbonyl (C=O) groups excluding carboxylic acids is 1. The van der Waals surface area contributed by atoms with E-state index in [4.69, 9.17) is 4.74 Å². The zero-order valence-corrected chi connectivity index (χ0v) is 14.0. The Hall–Kier alpha value is -1.39. The van der Waals surface area contributed by atoms with E-state index in [0.717, 1.165) is 45.0 Å². The predicted octanol–water partition coefficient (Wildman–Crippen LogP) is 2.47. The first kappa shape index (κ1) is 15.2. The van der Waals surface area contributed by atoms with E-state index in [1.807, 2.05) is 11.0 Å². The van der Waals surface area contributed by atoms with Gasteiger partial charge in [-0.05, 0) is 37.8 Å². The van der Waals surface area contributed by atoms with E-state index in [-0.39, 0.29) is 11.9 Å². The van der Waals surface area contributed by atoms with Crippen LogP contribution >= 0.6 is 0 Å². The molecule has 1 amide bonds. The van der Waals surface area contributed by atoms with Crippen LogP contribution in [0.15, 0.2) is 24.3 Å². The lowest BCUT2D eigenvalue weighted by atomic mass is 9.69. The third-order valence-corrected chi connectivity index (χ3v) is 5.94. The molecule has 3 aliphatic rings. The Morgan fingerprint density at radius 3 is 2.87 bits per heavy atom. The van der Waals surface area contributed by atoms with Gasteiger partial charge in [0.2, 0.25) is 5.91 Å². The van der Waals surface area contributed by atoms with Gasteiger partial charge in [0.15, 0.2) is 0 Å². The molecule has 4 heteroatoms. The molecule has 0 unspecified atom stereocenters. The number of benzene rings is 1. The van der Waals surface area contributed by atoms with Crippen molar-refractivity contribution in [2.75, 3.05) is 37.7 Å². The summed E-state index contributed by atoms with van der Waals surface area (Å²) in [5.41, 5.74) is 2.71. The van der Waals surface area contributed by atoms with Crippen molar-refractivity contribution in [1.29, 1.82) is 0 Å². The van der Waals surface area contributed by atoms with Gasteiger partial charge in [-0.2, -0.15) is 0 Å². The fourth-order valence-electron chi connectivity index (χ4n) is 4.28. The molecule has 1 aromatic carbocycles. The highest BCUT2D eigenvalue weighted by atomic mass is 16.5. The third kappa shape index (κ3) is 2.68. The molecule has 1 spiro atoms. The van der Waals surface area contributed by atoms with Crippen LogP contribution in [0, 0.1) is 5.41 Å². The molecular weight excluding hydrogens is 288 g/mol. The number of nitrogens with zero attached hydrogens (tertiary/aromatic N) is 2. The van der Waals surface area contributed by atoms with Gasteiger partial charge >= 0.3 is 0 Å². The summed E-state index contributed by atoms with van der Waals surface area (Å²) in [7, 11) is 0. The molecule has 0 N–H and O–H groups in total. The molecular formula is C19H26N2O2. The van der Waals surface area contributed by atoms with E-state index in [1.54, 1.807) is 0 Å². The second-order valence-electron chi connectivity index (χ2n) is 7.42. The molecule has 1 saturated heterocycles. The Balaban J connectivity index is 1.50. The van der Waals surface area contributed by atoms with Gasteiger partial charge < -0.3 is 9.64 Å². The van der Waals surface area contributed by atoms with Crippen LogP contribution in [0.3, 0.4) is 0 Å². The molecule has 1 aliphatic carbocycles. The molecule has 0 aromatic heterocycles. The highest BCUT2D eigenvalue weighted by Gasteiger charge is 2.42. The second-order valence-corrected chi connectivity index (χ2v) is 7.42. The van der Waals surface area contributed by atoms with Crippen molar-refractivity contribution < 1.29 is 9.53 Å². The van der Waals surface area contributed by atoms with Gasteiger partial charge in [0, 0.05) is 30.7 Å². The molecule has 1 aromatic rings. The number of carbonyl (C=O) groups is 1. The molecule has 124 valence electrons. The molecule has 2 fully saturated rings. The van der Waals surface area contributed by atoms with Crippen LogP contribution in [0.2, 0.25) is 0 Å². The Morgan fingerprint density at radius 1 is 1.26 bits per heavy atom. The summed E-state index contributed by atoms with van der Waals surface area (Å²) >= 11 is 0. The lowest BCUT2D eigenvalue weighted by Gasteiger charge is -2.44.